The first kappa shape index (κ1) is 15.5. The summed E-state index contributed by atoms with van der Waals surface area (Å²) in [7, 11) is 0. The molecule has 3 atom stereocenters. The normalized spacial score (nSPS) is 28.6. The number of morpholine rings is 1. The first-order valence-corrected chi connectivity index (χ1v) is 9.00. The Morgan fingerprint density at radius 3 is 2.86 bits per heavy atom. The number of fused-ring (bicyclic) bond motifs is 1. The molecule has 2 aliphatic rings. The lowest BCUT2D eigenvalue weighted by Gasteiger charge is -2.42. The van der Waals surface area contributed by atoms with E-state index in [1.807, 2.05) is 11.3 Å². The molecule has 3 nitrogen and oxygen atoms in total. The van der Waals surface area contributed by atoms with E-state index in [1.54, 1.807) is 0 Å². The highest BCUT2D eigenvalue weighted by Crippen LogP contribution is 2.38. The molecule has 0 bridgehead atoms. The van der Waals surface area contributed by atoms with Crippen molar-refractivity contribution in [3.63, 3.8) is 0 Å². The summed E-state index contributed by atoms with van der Waals surface area (Å²) in [5, 5.41) is 0. The van der Waals surface area contributed by atoms with E-state index in [4.69, 9.17) is 10.5 Å². The topological polar surface area (TPSA) is 38.5 Å². The predicted octanol–water partition coefficient (Wildman–Crippen LogP) is 3.30. The second-order valence-corrected chi connectivity index (χ2v) is 8.46. The van der Waals surface area contributed by atoms with E-state index >= 15 is 0 Å². The van der Waals surface area contributed by atoms with Gasteiger partial charge in [-0.1, -0.05) is 20.8 Å². The molecule has 1 aliphatic carbocycles. The van der Waals surface area contributed by atoms with Crippen LogP contribution in [0.2, 0.25) is 0 Å². The summed E-state index contributed by atoms with van der Waals surface area (Å²) in [6.07, 6.45) is 4.21. The van der Waals surface area contributed by atoms with Crippen molar-refractivity contribution in [1.82, 2.24) is 4.90 Å². The fourth-order valence-electron chi connectivity index (χ4n) is 3.69. The quantitative estimate of drug-likeness (QED) is 0.931. The van der Waals surface area contributed by atoms with Gasteiger partial charge in [-0.25, -0.2) is 0 Å². The van der Waals surface area contributed by atoms with Gasteiger partial charge in [0.15, 0.2) is 0 Å². The number of nitrogens with two attached hydrogens (primary N) is 1. The Hall–Kier alpha value is -0.420. The van der Waals surface area contributed by atoms with Crippen molar-refractivity contribution < 1.29 is 4.74 Å². The summed E-state index contributed by atoms with van der Waals surface area (Å²) >= 11 is 1.94. The van der Waals surface area contributed by atoms with Crippen molar-refractivity contribution in [3.05, 3.63) is 21.9 Å². The Kier molecular flexibility index (Phi) is 4.42. The van der Waals surface area contributed by atoms with Crippen molar-refractivity contribution >= 4 is 11.3 Å². The molecule has 3 unspecified atom stereocenters. The summed E-state index contributed by atoms with van der Waals surface area (Å²) in [6.45, 7) is 9.42. The van der Waals surface area contributed by atoms with Gasteiger partial charge >= 0.3 is 0 Å². The highest BCUT2D eigenvalue weighted by molar-refractivity contribution is 7.12. The van der Waals surface area contributed by atoms with E-state index in [-0.39, 0.29) is 5.41 Å². The number of nitrogens with zero attached hydrogens (tertiary/aromatic N) is 1. The zero-order chi connectivity index (χ0) is 15.0. The maximum absolute atomic E-state index is 6.16. The van der Waals surface area contributed by atoms with Crippen LogP contribution in [0.5, 0.6) is 0 Å². The zero-order valence-corrected chi connectivity index (χ0v) is 14.3. The SMILES string of the molecule is CC(C)(C)c1ccc(C(CN)N2CCOC3CCCC32)s1. The lowest BCUT2D eigenvalue weighted by Crippen LogP contribution is -2.51. The van der Waals surface area contributed by atoms with E-state index in [0.717, 1.165) is 13.2 Å². The lowest BCUT2D eigenvalue weighted by molar-refractivity contribution is -0.0706. The van der Waals surface area contributed by atoms with Crippen LogP contribution >= 0.6 is 11.3 Å². The van der Waals surface area contributed by atoms with Crippen LogP contribution in [0, 0.1) is 0 Å². The smallest absolute Gasteiger partial charge is 0.0731 e. The molecular weight excluding hydrogens is 280 g/mol. The Morgan fingerprint density at radius 1 is 1.38 bits per heavy atom. The molecule has 1 saturated heterocycles. The molecule has 4 heteroatoms. The molecule has 0 radical (unpaired) electrons. The van der Waals surface area contributed by atoms with E-state index in [9.17, 15) is 0 Å². The van der Waals surface area contributed by atoms with Crippen LogP contribution in [0.3, 0.4) is 0 Å². The lowest BCUT2D eigenvalue weighted by atomic mass is 9.95. The van der Waals surface area contributed by atoms with Gasteiger partial charge in [0, 0.05) is 28.9 Å². The van der Waals surface area contributed by atoms with Gasteiger partial charge in [0.2, 0.25) is 0 Å². The van der Waals surface area contributed by atoms with Crippen LogP contribution in [0.25, 0.3) is 0 Å². The Balaban J connectivity index is 1.82. The van der Waals surface area contributed by atoms with Crippen molar-refractivity contribution in [2.45, 2.75) is 63.6 Å². The second-order valence-electron chi connectivity index (χ2n) is 7.35. The van der Waals surface area contributed by atoms with Crippen molar-refractivity contribution in [2.75, 3.05) is 19.7 Å². The summed E-state index contributed by atoms with van der Waals surface area (Å²) in [6, 6.07) is 5.52. The Labute approximate surface area is 132 Å². The van der Waals surface area contributed by atoms with Crippen LogP contribution in [0.1, 0.15) is 55.8 Å². The third-order valence-corrected chi connectivity index (χ3v) is 6.46. The number of ether oxygens (including phenoxy) is 1. The monoisotopic (exact) mass is 308 g/mol. The molecule has 1 saturated carbocycles. The standard InChI is InChI=1S/C17H28N2OS/c1-17(2,3)16-8-7-15(21-16)13(11-18)19-9-10-20-14-6-4-5-12(14)19/h7-8,12-14H,4-6,9-11,18H2,1-3H3. The Morgan fingerprint density at radius 2 is 2.19 bits per heavy atom. The average Bonchev–Trinajstić information content (AvgIpc) is 3.07. The first-order chi connectivity index (χ1) is 10.0. The van der Waals surface area contributed by atoms with E-state index in [0.29, 0.717) is 24.7 Å². The van der Waals surface area contributed by atoms with Gasteiger partial charge in [-0.3, -0.25) is 4.90 Å². The van der Waals surface area contributed by atoms with Crippen molar-refractivity contribution in [2.24, 2.45) is 5.73 Å². The molecule has 21 heavy (non-hydrogen) atoms. The van der Waals surface area contributed by atoms with Crippen molar-refractivity contribution in [1.29, 1.82) is 0 Å². The molecule has 118 valence electrons. The highest BCUT2D eigenvalue weighted by atomic mass is 32.1. The number of thiophene rings is 1. The first-order valence-electron chi connectivity index (χ1n) is 8.18. The maximum atomic E-state index is 6.16. The molecule has 1 aromatic heterocycles. The van der Waals surface area contributed by atoms with Gasteiger partial charge in [0.1, 0.15) is 0 Å². The highest BCUT2D eigenvalue weighted by Gasteiger charge is 2.39. The largest absolute Gasteiger partial charge is 0.375 e. The van der Waals surface area contributed by atoms with Gasteiger partial charge in [-0.2, -0.15) is 0 Å². The molecule has 1 aliphatic heterocycles. The molecule has 2 heterocycles. The molecule has 3 rings (SSSR count). The van der Waals surface area contributed by atoms with Gasteiger partial charge in [-0.05, 0) is 36.8 Å². The van der Waals surface area contributed by atoms with Crippen molar-refractivity contribution in [3.8, 4) is 0 Å². The van der Waals surface area contributed by atoms with Gasteiger partial charge in [0.05, 0.1) is 18.8 Å². The van der Waals surface area contributed by atoms with Crippen LogP contribution in [-0.4, -0.2) is 36.7 Å². The molecule has 0 spiro atoms. The van der Waals surface area contributed by atoms with Crippen LogP contribution in [0.15, 0.2) is 12.1 Å². The Bertz CT molecular complexity index is 479. The third kappa shape index (κ3) is 3.04. The summed E-state index contributed by atoms with van der Waals surface area (Å²) < 4.78 is 5.94. The summed E-state index contributed by atoms with van der Waals surface area (Å²) in [5.41, 5.74) is 6.39. The second kappa shape index (κ2) is 5.99. The molecule has 1 aromatic rings. The maximum Gasteiger partial charge on any atom is 0.0731 e. The average molecular weight is 308 g/mol. The number of hydrogen-bond acceptors (Lipinski definition) is 4. The zero-order valence-electron chi connectivity index (χ0n) is 13.5. The summed E-state index contributed by atoms with van der Waals surface area (Å²) in [5.74, 6) is 0. The predicted molar refractivity (Wildman–Crippen MR) is 88.9 cm³/mol. The van der Waals surface area contributed by atoms with Crippen LogP contribution < -0.4 is 5.73 Å². The van der Waals surface area contributed by atoms with Gasteiger partial charge in [-0.15, -0.1) is 11.3 Å². The van der Waals surface area contributed by atoms with Gasteiger partial charge in [0.25, 0.3) is 0 Å². The minimum atomic E-state index is 0.225. The number of hydrogen-bond donors (Lipinski definition) is 1. The fourth-order valence-corrected chi connectivity index (χ4v) is 4.89. The molecule has 0 amide bonds. The van der Waals surface area contributed by atoms with Gasteiger partial charge < -0.3 is 10.5 Å². The van der Waals surface area contributed by atoms with Crippen LogP contribution in [0.4, 0.5) is 0 Å². The molecular formula is C17H28N2OS. The van der Waals surface area contributed by atoms with E-state index < -0.39 is 0 Å². The summed E-state index contributed by atoms with van der Waals surface area (Å²) in [4.78, 5) is 5.50. The minimum absolute atomic E-state index is 0.225. The third-order valence-electron chi connectivity index (χ3n) is 4.84. The fraction of sp³-hybridized carbons (Fsp3) is 0.765. The number of rotatable bonds is 3. The molecule has 0 aromatic carbocycles. The molecule has 2 fully saturated rings. The molecule has 2 N–H and O–H groups in total. The minimum Gasteiger partial charge on any atom is -0.375 e. The van der Waals surface area contributed by atoms with E-state index in [2.05, 4.69) is 37.8 Å². The van der Waals surface area contributed by atoms with E-state index in [1.165, 1.54) is 29.0 Å². The van der Waals surface area contributed by atoms with Crippen LogP contribution in [-0.2, 0) is 10.2 Å².